The third kappa shape index (κ3) is 3.47. The van der Waals surface area contributed by atoms with E-state index in [9.17, 15) is 4.79 Å². The summed E-state index contributed by atoms with van der Waals surface area (Å²) in [6.07, 6.45) is 4.98. The number of fused-ring (bicyclic) bond motifs is 1. The number of aryl methyl sites for hydroxylation is 1. The molecule has 0 saturated carbocycles. The molecule has 1 aliphatic rings. The Bertz CT molecular complexity index is 854. The van der Waals surface area contributed by atoms with Crippen molar-refractivity contribution >= 4 is 22.8 Å². The van der Waals surface area contributed by atoms with E-state index in [1.165, 1.54) is 0 Å². The molecular weight excluding hydrogens is 314 g/mol. The number of nitrogens with one attached hydrogen (secondary N) is 1. The predicted molar refractivity (Wildman–Crippen MR) is 97.3 cm³/mol. The molecule has 0 spiro atoms. The molecule has 0 unspecified atom stereocenters. The highest BCUT2D eigenvalue weighted by atomic mass is 16.1. The molecule has 1 saturated heterocycles. The maximum Gasteiger partial charge on any atom is 0.220 e. The van der Waals surface area contributed by atoms with E-state index in [1.807, 2.05) is 42.7 Å². The van der Waals surface area contributed by atoms with E-state index < -0.39 is 0 Å². The van der Waals surface area contributed by atoms with Gasteiger partial charge in [-0.25, -0.2) is 9.97 Å². The van der Waals surface area contributed by atoms with Crippen molar-refractivity contribution in [3.8, 4) is 0 Å². The molecule has 6 heteroatoms. The summed E-state index contributed by atoms with van der Waals surface area (Å²) in [7, 11) is 0. The van der Waals surface area contributed by atoms with E-state index in [0.717, 1.165) is 42.9 Å². The fourth-order valence-electron chi connectivity index (χ4n) is 3.20. The number of para-hydroxylation sites is 2. The third-order valence-electron chi connectivity index (χ3n) is 4.55. The number of aromatic nitrogens is 3. The van der Waals surface area contributed by atoms with E-state index in [2.05, 4.69) is 30.8 Å². The van der Waals surface area contributed by atoms with Crippen LogP contribution in [-0.2, 0) is 11.3 Å². The van der Waals surface area contributed by atoms with Crippen LogP contribution in [-0.4, -0.2) is 39.6 Å². The summed E-state index contributed by atoms with van der Waals surface area (Å²) in [6.45, 7) is 2.46. The fourth-order valence-corrected chi connectivity index (χ4v) is 3.20. The molecule has 1 amide bonds. The number of carbonyl (C=O) groups excluding carboxylic acids is 1. The summed E-state index contributed by atoms with van der Waals surface area (Å²) in [4.78, 5) is 23.0. The van der Waals surface area contributed by atoms with E-state index in [1.54, 1.807) is 6.20 Å². The SMILES string of the molecule is O=C(CCCn1cnc2ccccc21)NC1CN(c2ccccn2)C1. The summed E-state index contributed by atoms with van der Waals surface area (Å²) in [5.74, 6) is 1.09. The van der Waals surface area contributed by atoms with Crippen molar-refractivity contribution in [2.75, 3.05) is 18.0 Å². The number of carbonyl (C=O) groups is 1. The van der Waals surface area contributed by atoms with Gasteiger partial charge in [-0.15, -0.1) is 0 Å². The molecular formula is C19H21N5O. The normalized spacial score (nSPS) is 14.5. The Labute approximate surface area is 146 Å². The van der Waals surface area contributed by atoms with Crippen LogP contribution in [0.1, 0.15) is 12.8 Å². The van der Waals surface area contributed by atoms with E-state index >= 15 is 0 Å². The molecule has 128 valence electrons. The average Bonchev–Trinajstić information content (AvgIpc) is 3.02. The van der Waals surface area contributed by atoms with Crippen LogP contribution in [0.4, 0.5) is 5.82 Å². The summed E-state index contributed by atoms with van der Waals surface area (Å²) < 4.78 is 2.11. The Kier molecular flexibility index (Phi) is 4.33. The number of amides is 1. The van der Waals surface area contributed by atoms with Crippen molar-refractivity contribution in [1.82, 2.24) is 19.9 Å². The molecule has 6 nitrogen and oxygen atoms in total. The molecule has 1 N–H and O–H groups in total. The van der Waals surface area contributed by atoms with Crippen LogP contribution < -0.4 is 10.2 Å². The van der Waals surface area contributed by atoms with Gasteiger partial charge in [-0.05, 0) is 30.7 Å². The van der Waals surface area contributed by atoms with Crippen LogP contribution in [0.25, 0.3) is 11.0 Å². The lowest BCUT2D eigenvalue weighted by molar-refractivity contribution is -0.122. The van der Waals surface area contributed by atoms with Crippen molar-refractivity contribution in [2.24, 2.45) is 0 Å². The van der Waals surface area contributed by atoms with Crippen LogP contribution in [0.3, 0.4) is 0 Å². The molecule has 3 aromatic rings. The maximum absolute atomic E-state index is 12.1. The first kappa shape index (κ1) is 15.6. The predicted octanol–water partition coefficient (Wildman–Crippen LogP) is 2.22. The number of nitrogens with zero attached hydrogens (tertiary/aromatic N) is 4. The number of rotatable bonds is 6. The zero-order chi connectivity index (χ0) is 17.1. The van der Waals surface area contributed by atoms with Crippen LogP contribution in [0.5, 0.6) is 0 Å². The first-order valence-corrected chi connectivity index (χ1v) is 8.65. The van der Waals surface area contributed by atoms with Crippen molar-refractivity contribution in [2.45, 2.75) is 25.4 Å². The van der Waals surface area contributed by atoms with Crippen LogP contribution in [0.15, 0.2) is 55.0 Å². The Hall–Kier alpha value is -2.89. The molecule has 25 heavy (non-hydrogen) atoms. The van der Waals surface area contributed by atoms with Crippen LogP contribution in [0, 0.1) is 0 Å². The molecule has 0 bridgehead atoms. The topological polar surface area (TPSA) is 63.1 Å². The summed E-state index contributed by atoms with van der Waals surface area (Å²) in [5.41, 5.74) is 2.11. The van der Waals surface area contributed by atoms with E-state index in [4.69, 9.17) is 0 Å². The average molecular weight is 335 g/mol. The second-order valence-corrected chi connectivity index (χ2v) is 6.39. The molecule has 2 aromatic heterocycles. The number of pyridine rings is 1. The molecule has 0 aliphatic carbocycles. The van der Waals surface area contributed by atoms with Crippen molar-refractivity contribution < 1.29 is 4.79 Å². The number of benzene rings is 1. The minimum atomic E-state index is 0.120. The summed E-state index contributed by atoms with van der Waals surface area (Å²) in [5, 5.41) is 3.10. The third-order valence-corrected chi connectivity index (χ3v) is 4.55. The van der Waals surface area contributed by atoms with Crippen molar-refractivity contribution in [3.05, 3.63) is 55.0 Å². The molecule has 3 heterocycles. The lowest BCUT2D eigenvalue weighted by atomic mass is 10.1. The lowest BCUT2D eigenvalue weighted by Gasteiger charge is -2.40. The van der Waals surface area contributed by atoms with Crippen LogP contribution in [0.2, 0.25) is 0 Å². The largest absolute Gasteiger partial charge is 0.352 e. The number of hydrogen-bond donors (Lipinski definition) is 1. The molecule has 0 radical (unpaired) electrons. The van der Waals surface area contributed by atoms with Gasteiger partial charge in [0.25, 0.3) is 0 Å². The van der Waals surface area contributed by atoms with E-state index in [0.29, 0.717) is 6.42 Å². The minimum Gasteiger partial charge on any atom is -0.352 e. The second-order valence-electron chi connectivity index (χ2n) is 6.39. The zero-order valence-electron chi connectivity index (χ0n) is 14.0. The molecule has 0 atom stereocenters. The lowest BCUT2D eigenvalue weighted by Crippen LogP contribution is -2.59. The minimum absolute atomic E-state index is 0.120. The highest BCUT2D eigenvalue weighted by molar-refractivity contribution is 5.77. The van der Waals surface area contributed by atoms with Gasteiger partial charge in [-0.2, -0.15) is 0 Å². The summed E-state index contributed by atoms with van der Waals surface area (Å²) >= 11 is 0. The zero-order valence-corrected chi connectivity index (χ0v) is 14.0. The molecule has 1 aromatic carbocycles. The number of hydrogen-bond acceptors (Lipinski definition) is 4. The Morgan fingerprint density at radius 2 is 1.96 bits per heavy atom. The van der Waals surface area contributed by atoms with Gasteiger partial charge in [-0.1, -0.05) is 18.2 Å². The molecule has 4 rings (SSSR count). The van der Waals surface area contributed by atoms with Gasteiger partial charge < -0.3 is 14.8 Å². The Morgan fingerprint density at radius 3 is 2.80 bits per heavy atom. The standard InChI is InChI=1S/C19H21N5O/c25-19(22-15-12-24(13-15)18-8-3-4-10-20-18)9-5-11-23-14-21-16-6-1-2-7-17(16)23/h1-4,6-8,10,14-15H,5,9,11-13H2,(H,22,25). The van der Waals surface area contributed by atoms with Gasteiger partial charge >= 0.3 is 0 Å². The van der Waals surface area contributed by atoms with Crippen LogP contribution >= 0.6 is 0 Å². The van der Waals surface area contributed by atoms with E-state index in [-0.39, 0.29) is 11.9 Å². The quantitative estimate of drug-likeness (QED) is 0.750. The van der Waals surface area contributed by atoms with Gasteiger partial charge in [-0.3, -0.25) is 4.79 Å². The van der Waals surface area contributed by atoms with Gasteiger partial charge in [0.1, 0.15) is 5.82 Å². The van der Waals surface area contributed by atoms with Crippen molar-refractivity contribution in [3.63, 3.8) is 0 Å². The summed E-state index contributed by atoms with van der Waals surface area (Å²) in [6, 6.07) is 14.2. The monoisotopic (exact) mass is 335 g/mol. The first-order chi connectivity index (χ1) is 12.3. The second kappa shape index (κ2) is 6.93. The Balaban J connectivity index is 1.20. The number of anilines is 1. The van der Waals surface area contributed by atoms with Gasteiger partial charge in [0.15, 0.2) is 0 Å². The highest BCUT2D eigenvalue weighted by Crippen LogP contribution is 2.17. The maximum atomic E-state index is 12.1. The Morgan fingerprint density at radius 1 is 1.12 bits per heavy atom. The highest BCUT2D eigenvalue weighted by Gasteiger charge is 2.28. The number of imidazole rings is 1. The van der Waals surface area contributed by atoms with Gasteiger partial charge in [0.05, 0.1) is 23.4 Å². The van der Waals surface area contributed by atoms with Gasteiger partial charge in [0.2, 0.25) is 5.91 Å². The van der Waals surface area contributed by atoms with Gasteiger partial charge in [0, 0.05) is 32.3 Å². The molecule has 1 fully saturated rings. The van der Waals surface area contributed by atoms with Crippen molar-refractivity contribution in [1.29, 1.82) is 0 Å². The fraction of sp³-hybridized carbons (Fsp3) is 0.316. The molecule has 1 aliphatic heterocycles. The first-order valence-electron chi connectivity index (χ1n) is 8.65. The smallest absolute Gasteiger partial charge is 0.220 e.